The Bertz CT molecular complexity index is 244. The van der Waals surface area contributed by atoms with Gasteiger partial charge in [0.25, 0.3) is 5.24 Å². The van der Waals surface area contributed by atoms with Gasteiger partial charge < -0.3 is 4.81 Å². The molecule has 2 radical (unpaired) electrons. The Morgan fingerprint density at radius 1 is 1.50 bits per heavy atom. The number of carbonyl (C=O) groups is 2. The lowest BCUT2D eigenvalue weighted by Crippen LogP contribution is -2.39. The Hall–Kier alpha value is -0.445. The molecule has 2 amide bonds. The van der Waals surface area contributed by atoms with Crippen LogP contribution in [0.15, 0.2) is 0 Å². The van der Waals surface area contributed by atoms with Crippen molar-refractivity contribution in [2.45, 2.75) is 25.5 Å². The molecular formula is C7H10BNO2S. The third kappa shape index (κ3) is 1.16. The minimum absolute atomic E-state index is 0.104. The molecule has 0 aromatic carbocycles. The molecule has 64 valence electrons. The average molecular weight is 183 g/mol. The van der Waals surface area contributed by atoms with Crippen molar-refractivity contribution < 1.29 is 9.59 Å². The summed E-state index contributed by atoms with van der Waals surface area (Å²) in [5.41, 5.74) is 0. The summed E-state index contributed by atoms with van der Waals surface area (Å²) >= 11 is 1.00. The van der Waals surface area contributed by atoms with Crippen LogP contribution in [0.2, 0.25) is 0 Å². The van der Waals surface area contributed by atoms with Gasteiger partial charge in [0.15, 0.2) is 0 Å². The largest absolute Gasteiger partial charge is 0.330 e. The first-order chi connectivity index (χ1) is 5.39. The van der Waals surface area contributed by atoms with E-state index in [1.54, 1.807) is 6.92 Å². The zero-order chi connectivity index (χ0) is 9.52. The molecule has 1 heterocycles. The van der Waals surface area contributed by atoms with Gasteiger partial charge in [0.2, 0.25) is 13.9 Å². The van der Waals surface area contributed by atoms with Crippen LogP contribution in [-0.2, 0) is 4.79 Å². The highest BCUT2D eigenvalue weighted by Crippen LogP contribution is 2.41. The summed E-state index contributed by atoms with van der Waals surface area (Å²) in [6.45, 7) is 5.55. The summed E-state index contributed by atoms with van der Waals surface area (Å²) in [6.07, 6.45) is 0. The lowest BCUT2D eigenvalue weighted by Gasteiger charge is -2.23. The highest BCUT2D eigenvalue weighted by Gasteiger charge is 2.48. The van der Waals surface area contributed by atoms with E-state index in [0.29, 0.717) is 4.81 Å². The number of carbonyl (C=O) groups excluding carboxylic acids is 2. The van der Waals surface area contributed by atoms with Crippen molar-refractivity contribution >= 4 is 30.9 Å². The maximum Gasteiger partial charge on any atom is 0.276 e. The van der Waals surface area contributed by atoms with Crippen molar-refractivity contribution in [2.75, 3.05) is 0 Å². The van der Waals surface area contributed by atoms with E-state index >= 15 is 0 Å². The van der Waals surface area contributed by atoms with Crippen molar-refractivity contribution in [3.8, 4) is 0 Å². The number of amides is 2. The number of imide groups is 1. The van der Waals surface area contributed by atoms with Crippen LogP contribution in [0.5, 0.6) is 0 Å². The Balaban J connectivity index is 2.97. The van der Waals surface area contributed by atoms with Crippen LogP contribution >= 0.6 is 11.8 Å². The number of rotatable bonds is 1. The zero-order valence-electron chi connectivity index (χ0n) is 7.33. The van der Waals surface area contributed by atoms with Gasteiger partial charge in [-0.3, -0.25) is 9.59 Å². The Morgan fingerprint density at radius 3 is 2.17 bits per heavy atom. The summed E-state index contributed by atoms with van der Waals surface area (Å²) in [6, 6.07) is 0. The van der Waals surface area contributed by atoms with E-state index < -0.39 is 4.75 Å². The van der Waals surface area contributed by atoms with Gasteiger partial charge in [0.05, 0.1) is 0 Å². The van der Waals surface area contributed by atoms with Gasteiger partial charge >= 0.3 is 0 Å². The predicted octanol–water partition coefficient (Wildman–Crippen LogP) is 1.18. The molecule has 1 unspecified atom stereocenters. The molecule has 1 saturated heterocycles. The second-order valence-corrected chi connectivity index (χ2v) is 4.71. The van der Waals surface area contributed by atoms with Gasteiger partial charge in [-0.15, -0.1) is 0 Å². The lowest BCUT2D eigenvalue weighted by atomic mass is 9.95. The molecule has 0 aromatic rings. The summed E-state index contributed by atoms with van der Waals surface area (Å²) < 4.78 is -0.675. The molecular weight excluding hydrogens is 173 g/mol. The van der Waals surface area contributed by atoms with Crippen LogP contribution in [-0.4, -0.2) is 28.7 Å². The topological polar surface area (TPSA) is 37.4 Å². The van der Waals surface area contributed by atoms with Crippen molar-refractivity contribution in [1.82, 2.24) is 4.81 Å². The van der Waals surface area contributed by atoms with Gasteiger partial charge in [0, 0.05) is 0 Å². The molecule has 0 N–H and O–H groups in total. The predicted molar refractivity (Wildman–Crippen MR) is 48.8 cm³/mol. The molecule has 1 rings (SSSR count). The van der Waals surface area contributed by atoms with Crippen molar-refractivity contribution in [2.24, 2.45) is 5.92 Å². The van der Waals surface area contributed by atoms with E-state index in [2.05, 4.69) is 0 Å². The molecule has 5 heteroatoms. The van der Waals surface area contributed by atoms with E-state index in [1.165, 1.54) is 0 Å². The van der Waals surface area contributed by atoms with Crippen molar-refractivity contribution in [3.63, 3.8) is 0 Å². The van der Waals surface area contributed by atoms with E-state index in [4.69, 9.17) is 7.98 Å². The van der Waals surface area contributed by atoms with Crippen molar-refractivity contribution in [1.29, 1.82) is 0 Å². The molecule has 1 aliphatic heterocycles. The first-order valence-electron chi connectivity index (χ1n) is 3.72. The Morgan fingerprint density at radius 2 is 2.00 bits per heavy atom. The molecule has 0 bridgehead atoms. The summed E-state index contributed by atoms with van der Waals surface area (Å²) in [5, 5.41) is -0.365. The van der Waals surface area contributed by atoms with Crippen LogP contribution in [0.25, 0.3) is 0 Å². The minimum atomic E-state index is -0.675. The molecule has 0 aromatic heterocycles. The maximum atomic E-state index is 11.4. The quantitative estimate of drug-likeness (QED) is 0.572. The van der Waals surface area contributed by atoms with E-state index in [0.717, 1.165) is 11.8 Å². The summed E-state index contributed by atoms with van der Waals surface area (Å²) in [4.78, 5) is 23.2. The number of nitrogens with zero attached hydrogens (tertiary/aromatic N) is 1. The molecule has 12 heavy (non-hydrogen) atoms. The number of hydrogen-bond acceptors (Lipinski definition) is 3. The molecule has 3 nitrogen and oxygen atoms in total. The molecule has 1 atom stereocenters. The van der Waals surface area contributed by atoms with Gasteiger partial charge in [-0.25, -0.2) is 0 Å². The summed E-state index contributed by atoms with van der Waals surface area (Å²) in [7, 11) is 5.25. The fourth-order valence-corrected chi connectivity index (χ4v) is 1.93. The number of hydrogen-bond donors (Lipinski definition) is 0. The maximum absolute atomic E-state index is 11.4. The van der Waals surface area contributed by atoms with Gasteiger partial charge in [-0.2, -0.15) is 0 Å². The minimum Gasteiger partial charge on any atom is -0.330 e. The van der Waals surface area contributed by atoms with Gasteiger partial charge in [-0.1, -0.05) is 13.8 Å². The second-order valence-electron chi connectivity index (χ2n) is 3.30. The SMILES string of the molecule is [B]N1C(=O)SC(C)(C(C)C)C1=O. The third-order valence-electron chi connectivity index (χ3n) is 2.24. The first kappa shape index (κ1) is 9.64. The Labute approximate surface area is 77.3 Å². The molecule has 1 aliphatic rings. The molecule has 0 saturated carbocycles. The Kier molecular flexibility index (Phi) is 2.25. The van der Waals surface area contributed by atoms with Crippen LogP contribution in [0, 0.1) is 5.92 Å². The first-order valence-corrected chi connectivity index (χ1v) is 4.53. The van der Waals surface area contributed by atoms with E-state index in [9.17, 15) is 9.59 Å². The number of thioether (sulfide) groups is 1. The van der Waals surface area contributed by atoms with Crippen LogP contribution < -0.4 is 0 Å². The lowest BCUT2D eigenvalue weighted by molar-refractivity contribution is -0.126. The monoisotopic (exact) mass is 183 g/mol. The van der Waals surface area contributed by atoms with Crippen LogP contribution in [0.1, 0.15) is 20.8 Å². The highest BCUT2D eigenvalue weighted by molar-refractivity contribution is 8.16. The van der Waals surface area contributed by atoms with Crippen molar-refractivity contribution in [3.05, 3.63) is 0 Å². The smallest absolute Gasteiger partial charge is 0.276 e. The fraction of sp³-hybridized carbons (Fsp3) is 0.714. The van der Waals surface area contributed by atoms with E-state index in [-0.39, 0.29) is 17.1 Å². The normalized spacial score (nSPS) is 30.5. The third-order valence-corrected chi connectivity index (χ3v) is 3.68. The second kappa shape index (κ2) is 2.80. The molecule has 0 aliphatic carbocycles. The van der Waals surface area contributed by atoms with Gasteiger partial charge in [0.1, 0.15) is 4.75 Å². The van der Waals surface area contributed by atoms with Crippen LogP contribution in [0.4, 0.5) is 4.79 Å². The standard InChI is InChI=1S/C7H10BNO2S/c1-4(2)7(3)5(10)9(8)6(11)12-7/h4H,1-3H3. The molecule has 1 fully saturated rings. The molecule has 0 spiro atoms. The summed E-state index contributed by atoms with van der Waals surface area (Å²) in [5.74, 6) is -0.194. The average Bonchev–Trinajstić information content (AvgIpc) is 2.17. The van der Waals surface area contributed by atoms with Crippen LogP contribution in [0.3, 0.4) is 0 Å². The van der Waals surface area contributed by atoms with E-state index in [1.807, 2.05) is 13.8 Å². The zero-order valence-corrected chi connectivity index (χ0v) is 8.14. The fourth-order valence-electron chi connectivity index (χ4n) is 0.961. The highest BCUT2D eigenvalue weighted by atomic mass is 32.2. The van der Waals surface area contributed by atoms with Gasteiger partial charge in [-0.05, 0) is 24.6 Å².